The van der Waals surface area contributed by atoms with Crippen molar-refractivity contribution in [1.29, 1.82) is 0 Å². The van der Waals surface area contributed by atoms with Crippen LogP contribution in [0.2, 0.25) is 0 Å². The molecule has 0 N–H and O–H groups in total. The summed E-state index contributed by atoms with van der Waals surface area (Å²) < 4.78 is 11.3. The molecule has 4 heterocycles. The molecule has 0 amide bonds. The summed E-state index contributed by atoms with van der Waals surface area (Å²) in [6, 6.07) is 64.8. The molecule has 0 atom stereocenters. The van der Waals surface area contributed by atoms with Crippen molar-refractivity contribution in [2.24, 2.45) is 7.05 Å². The Morgan fingerprint density at radius 2 is 0.931 bits per heavy atom. The van der Waals surface area contributed by atoms with E-state index in [0.29, 0.717) is 17.5 Å². The molecule has 0 saturated carbocycles. The SMILES string of the molecule is Cn1c2ccccc2c2c3sc4c(-c5ccccc5)cccc4c3ccc21.c1ccc(-c2nc(-c3ccccc3)nc(-c3cccc4c3oc3ccccc34)n2)cc1. The van der Waals surface area contributed by atoms with Crippen molar-refractivity contribution in [3.8, 4) is 45.3 Å². The van der Waals surface area contributed by atoms with Crippen molar-refractivity contribution < 1.29 is 4.42 Å². The van der Waals surface area contributed by atoms with E-state index < -0.39 is 0 Å². The Hall–Kier alpha value is -7.41. The van der Waals surface area contributed by atoms with E-state index in [1.165, 1.54) is 53.1 Å². The van der Waals surface area contributed by atoms with Crippen LogP contribution in [0.15, 0.2) is 192 Å². The molecule has 0 bridgehead atoms. The number of rotatable bonds is 4. The molecule has 58 heavy (non-hydrogen) atoms. The van der Waals surface area contributed by atoms with E-state index in [0.717, 1.165) is 38.6 Å². The maximum absolute atomic E-state index is 6.23. The lowest BCUT2D eigenvalue weighted by atomic mass is 10.0. The van der Waals surface area contributed by atoms with Gasteiger partial charge in [-0.2, -0.15) is 0 Å². The molecule has 0 fully saturated rings. The van der Waals surface area contributed by atoms with Gasteiger partial charge in [0.25, 0.3) is 0 Å². The second kappa shape index (κ2) is 14.0. The smallest absolute Gasteiger partial charge is 0.167 e. The maximum Gasteiger partial charge on any atom is 0.167 e. The Balaban J connectivity index is 0.000000134. The van der Waals surface area contributed by atoms with E-state index >= 15 is 0 Å². The minimum absolute atomic E-state index is 0.595. The third kappa shape index (κ3) is 5.65. The molecule has 274 valence electrons. The lowest BCUT2D eigenvalue weighted by Gasteiger charge is -2.08. The molecule has 12 aromatic rings. The topological polar surface area (TPSA) is 56.7 Å². The first-order chi connectivity index (χ1) is 28.7. The van der Waals surface area contributed by atoms with Gasteiger partial charge in [0.05, 0.1) is 11.1 Å². The molecule has 0 aliphatic heterocycles. The highest BCUT2D eigenvalue weighted by Crippen LogP contribution is 2.45. The molecule has 6 heteroatoms. The number of hydrogen-bond acceptors (Lipinski definition) is 5. The summed E-state index contributed by atoms with van der Waals surface area (Å²) >= 11 is 1.93. The fourth-order valence-corrected chi connectivity index (χ4v) is 9.59. The zero-order valence-corrected chi connectivity index (χ0v) is 32.3. The van der Waals surface area contributed by atoms with E-state index in [9.17, 15) is 0 Å². The molecule has 0 unspecified atom stereocenters. The number of para-hydroxylation sites is 3. The summed E-state index contributed by atoms with van der Waals surface area (Å²) in [4.78, 5) is 14.4. The minimum atomic E-state index is 0.595. The lowest BCUT2D eigenvalue weighted by Crippen LogP contribution is -2.00. The maximum atomic E-state index is 6.23. The number of benzene rings is 8. The van der Waals surface area contributed by atoms with Crippen molar-refractivity contribution in [2.45, 2.75) is 0 Å². The van der Waals surface area contributed by atoms with Gasteiger partial charge in [0.1, 0.15) is 11.2 Å². The Morgan fingerprint density at radius 3 is 1.64 bits per heavy atom. The number of thiophene rings is 1. The van der Waals surface area contributed by atoms with Gasteiger partial charge >= 0.3 is 0 Å². The number of nitrogens with zero attached hydrogens (tertiary/aromatic N) is 4. The Labute approximate surface area is 338 Å². The standard InChI is InChI=1S/C27H17N3O.C25H17NS/c1-3-10-18(11-4-1)25-28-26(19-12-5-2-6-13-19)30-27(29-25)22-16-9-15-21-20-14-7-8-17-23(20)31-24(21)22;1-26-21-13-6-5-10-20(21)23-22(26)15-14-19-18-12-7-11-17(24(18)27-25(19)23)16-8-3-2-4-9-16/h1-17H;2-15H,1H3. The van der Waals surface area contributed by atoms with E-state index in [4.69, 9.17) is 19.4 Å². The van der Waals surface area contributed by atoms with Crippen molar-refractivity contribution in [1.82, 2.24) is 19.5 Å². The average Bonchev–Trinajstić information content (AvgIpc) is 3.97. The molecular formula is C52H34N4OS. The molecule has 12 rings (SSSR count). The first kappa shape index (κ1) is 33.9. The van der Waals surface area contributed by atoms with E-state index in [-0.39, 0.29) is 0 Å². The number of aromatic nitrogens is 4. The van der Waals surface area contributed by atoms with Gasteiger partial charge in [0, 0.05) is 65.4 Å². The number of aryl methyl sites for hydroxylation is 1. The summed E-state index contributed by atoms with van der Waals surface area (Å²) in [5, 5.41) is 7.57. The van der Waals surface area contributed by atoms with E-state index in [1.54, 1.807) is 0 Å². The quantitative estimate of drug-likeness (QED) is 0.179. The Bertz CT molecular complexity index is 3400. The van der Waals surface area contributed by atoms with E-state index in [1.807, 2.05) is 102 Å². The lowest BCUT2D eigenvalue weighted by molar-refractivity contribution is 0.669. The predicted octanol–water partition coefficient (Wildman–Crippen LogP) is 14.1. The summed E-state index contributed by atoms with van der Waals surface area (Å²) in [5.41, 5.74) is 9.58. The molecule has 0 radical (unpaired) electrons. The monoisotopic (exact) mass is 762 g/mol. The Morgan fingerprint density at radius 1 is 0.397 bits per heavy atom. The summed E-state index contributed by atoms with van der Waals surface area (Å²) in [5.74, 6) is 1.87. The van der Waals surface area contributed by atoms with Crippen LogP contribution in [-0.4, -0.2) is 19.5 Å². The molecular weight excluding hydrogens is 729 g/mol. The van der Waals surface area contributed by atoms with Gasteiger partial charge in [-0.05, 0) is 35.4 Å². The fourth-order valence-electron chi connectivity index (χ4n) is 8.20. The van der Waals surface area contributed by atoms with Gasteiger partial charge < -0.3 is 8.98 Å². The van der Waals surface area contributed by atoms with Crippen molar-refractivity contribution >= 4 is 75.3 Å². The molecule has 5 nitrogen and oxygen atoms in total. The summed E-state index contributed by atoms with van der Waals surface area (Å²) in [6.07, 6.45) is 0. The third-order valence-electron chi connectivity index (χ3n) is 11.0. The molecule has 4 aromatic heterocycles. The summed E-state index contributed by atoms with van der Waals surface area (Å²) in [6.45, 7) is 0. The van der Waals surface area contributed by atoms with Crippen LogP contribution in [-0.2, 0) is 7.05 Å². The highest BCUT2D eigenvalue weighted by molar-refractivity contribution is 7.27. The van der Waals surface area contributed by atoms with Gasteiger partial charge in [0.2, 0.25) is 0 Å². The van der Waals surface area contributed by atoms with Crippen molar-refractivity contribution in [3.05, 3.63) is 188 Å². The number of fused-ring (bicyclic) bond motifs is 10. The summed E-state index contributed by atoms with van der Waals surface area (Å²) in [7, 11) is 2.17. The van der Waals surface area contributed by atoms with Crippen LogP contribution in [0.3, 0.4) is 0 Å². The van der Waals surface area contributed by atoms with Crippen LogP contribution in [0.25, 0.3) is 109 Å². The van der Waals surface area contributed by atoms with Gasteiger partial charge in [0.15, 0.2) is 17.5 Å². The first-order valence-electron chi connectivity index (χ1n) is 19.3. The molecule has 0 saturated heterocycles. The van der Waals surface area contributed by atoms with Crippen LogP contribution < -0.4 is 0 Å². The van der Waals surface area contributed by atoms with Gasteiger partial charge in [-0.25, -0.2) is 15.0 Å². The number of furan rings is 1. The van der Waals surface area contributed by atoms with Crippen LogP contribution in [0.5, 0.6) is 0 Å². The molecule has 0 aliphatic carbocycles. The molecule has 0 spiro atoms. The zero-order valence-electron chi connectivity index (χ0n) is 31.5. The van der Waals surface area contributed by atoms with Gasteiger partial charge in [-0.1, -0.05) is 164 Å². The third-order valence-corrected chi connectivity index (χ3v) is 12.2. The van der Waals surface area contributed by atoms with Gasteiger partial charge in [-0.3, -0.25) is 0 Å². The van der Waals surface area contributed by atoms with Crippen molar-refractivity contribution in [3.63, 3.8) is 0 Å². The second-order valence-corrected chi connectivity index (χ2v) is 15.4. The van der Waals surface area contributed by atoms with Crippen LogP contribution in [0, 0.1) is 0 Å². The fraction of sp³-hybridized carbons (Fsp3) is 0.0192. The first-order valence-corrected chi connectivity index (χ1v) is 20.2. The van der Waals surface area contributed by atoms with E-state index in [2.05, 4.69) is 109 Å². The van der Waals surface area contributed by atoms with Crippen molar-refractivity contribution in [2.75, 3.05) is 0 Å². The zero-order chi connectivity index (χ0) is 38.6. The Kier molecular flexibility index (Phi) is 8.15. The normalized spacial score (nSPS) is 11.5. The number of hydrogen-bond donors (Lipinski definition) is 0. The second-order valence-electron chi connectivity index (χ2n) is 14.4. The highest BCUT2D eigenvalue weighted by atomic mass is 32.1. The largest absolute Gasteiger partial charge is 0.455 e. The molecule has 8 aromatic carbocycles. The predicted molar refractivity (Wildman–Crippen MR) is 242 cm³/mol. The van der Waals surface area contributed by atoms with Gasteiger partial charge in [-0.15, -0.1) is 11.3 Å². The molecule has 0 aliphatic rings. The average molecular weight is 763 g/mol. The van der Waals surface area contributed by atoms with Crippen LogP contribution in [0.4, 0.5) is 0 Å². The van der Waals surface area contributed by atoms with Crippen LogP contribution >= 0.6 is 11.3 Å². The van der Waals surface area contributed by atoms with Crippen LogP contribution in [0.1, 0.15) is 0 Å². The highest BCUT2D eigenvalue weighted by Gasteiger charge is 2.18. The minimum Gasteiger partial charge on any atom is -0.455 e.